The molecule has 0 saturated carbocycles. The largest absolute Gasteiger partial charge is 0.467 e. The molecule has 6 heteroatoms. The van der Waals surface area contributed by atoms with E-state index in [1.54, 1.807) is 0 Å². The second-order valence-corrected chi connectivity index (χ2v) is 6.52. The quantitative estimate of drug-likeness (QED) is 0.864. The van der Waals surface area contributed by atoms with Crippen LogP contribution in [0.3, 0.4) is 0 Å². The number of ether oxygens (including phenoxy) is 1. The molecule has 0 atom stereocenters. The van der Waals surface area contributed by atoms with Crippen molar-refractivity contribution in [2.24, 2.45) is 0 Å². The van der Waals surface area contributed by atoms with E-state index in [9.17, 15) is 4.79 Å². The van der Waals surface area contributed by atoms with Crippen LogP contribution in [0.2, 0.25) is 5.02 Å². The molecule has 1 aromatic heterocycles. The number of hydrogen-bond donors (Lipinski definition) is 0. The number of nitrogens with zero attached hydrogens (tertiary/aromatic N) is 2. The average Bonchev–Trinajstić information content (AvgIpc) is 2.91. The maximum atomic E-state index is 11.6. The Kier molecular flexibility index (Phi) is 4.31. The van der Waals surface area contributed by atoms with Gasteiger partial charge in [-0.05, 0) is 12.1 Å². The molecule has 3 rings (SSSR count). The maximum absolute atomic E-state index is 11.6. The molecular weight excluding hydrogens is 308 g/mol. The first-order valence-electron chi connectivity index (χ1n) is 7.17. The van der Waals surface area contributed by atoms with Gasteiger partial charge in [-0.25, -0.2) is 4.98 Å². The van der Waals surface area contributed by atoms with Crippen molar-refractivity contribution >= 4 is 39.1 Å². The van der Waals surface area contributed by atoms with Crippen molar-refractivity contribution < 1.29 is 9.53 Å². The molecule has 1 amide bonds. The number of amides is 1. The van der Waals surface area contributed by atoms with E-state index in [0.717, 1.165) is 36.1 Å². The van der Waals surface area contributed by atoms with Gasteiger partial charge in [0, 0.05) is 32.4 Å². The number of likely N-dealkylation sites (tertiary alicyclic amines) is 1. The third-order valence-corrected chi connectivity index (χ3v) is 4.93. The number of thiazole rings is 1. The first kappa shape index (κ1) is 14.6. The summed E-state index contributed by atoms with van der Waals surface area (Å²) in [7, 11) is 0. The van der Waals surface area contributed by atoms with Crippen LogP contribution in [0.4, 0.5) is 0 Å². The number of rotatable bonds is 3. The van der Waals surface area contributed by atoms with Crippen LogP contribution in [0.15, 0.2) is 18.2 Å². The standard InChI is InChI=1S/C15H17ClN2O2S/c1-2-13(19)18-8-6-10(7-9-18)20-15-17-14-11(16)4-3-5-12(14)21-15/h3-5,10H,2,6-9H2,1H3. The number of hydrogen-bond acceptors (Lipinski definition) is 4. The Morgan fingerprint density at radius 3 is 2.90 bits per heavy atom. The van der Waals surface area contributed by atoms with Crippen LogP contribution >= 0.6 is 22.9 Å². The van der Waals surface area contributed by atoms with Crippen molar-refractivity contribution in [3.8, 4) is 5.19 Å². The van der Waals surface area contributed by atoms with Gasteiger partial charge >= 0.3 is 0 Å². The summed E-state index contributed by atoms with van der Waals surface area (Å²) in [6.07, 6.45) is 2.41. The van der Waals surface area contributed by atoms with Gasteiger partial charge in [0.15, 0.2) is 0 Å². The van der Waals surface area contributed by atoms with Crippen molar-refractivity contribution in [3.63, 3.8) is 0 Å². The average molecular weight is 325 g/mol. The highest BCUT2D eigenvalue weighted by atomic mass is 35.5. The highest BCUT2D eigenvalue weighted by molar-refractivity contribution is 7.20. The number of aromatic nitrogens is 1. The number of benzene rings is 1. The molecule has 0 N–H and O–H groups in total. The predicted molar refractivity (Wildman–Crippen MR) is 85.2 cm³/mol. The second-order valence-electron chi connectivity index (χ2n) is 5.12. The number of carbonyl (C=O) groups excluding carboxylic acids is 1. The van der Waals surface area contributed by atoms with E-state index in [-0.39, 0.29) is 12.0 Å². The van der Waals surface area contributed by atoms with E-state index in [0.29, 0.717) is 16.6 Å². The first-order valence-corrected chi connectivity index (χ1v) is 8.36. The Balaban J connectivity index is 1.64. The van der Waals surface area contributed by atoms with Gasteiger partial charge < -0.3 is 9.64 Å². The normalized spacial score (nSPS) is 16.4. The molecule has 1 aromatic carbocycles. The van der Waals surface area contributed by atoms with Crippen molar-refractivity contribution in [3.05, 3.63) is 23.2 Å². The minimum atomic E-state index is 0.130. The van der Waals surface area contributed by atoms with Gasteiger partial charge in [0.1, 0.15) is 11.6 Å². The molecule has 0 bridgehead atoms. The molecule has 2 heterocycles. The smallest absolute Gasteiger partial charge is 0.274 e. The van der Waals surface area contributed by atoms with Gasteiger partial charge in [-0.15, -0.1) is 0 Å². The molecule has 0 aliphatic carbocycles. The fraction of sp³-hybridized carbons (Fsp3) is 0.467. The monoisotopic (exact) mass is 324 g/mol. The lowest BCUT2D eigenvalue weighted by Gasteiger charge is -2.31. The summed E-state index contributed by atoms with van der Waals surface area (Å²) in [5.41, 5.74) is 0.803. The molecule has 1 aliphatic heterocycles. The van der Waals surface area contributed by atoms with Crippen LogP contribution in [-0.2, 0) is 4.79 Å². The number of para-hydroxylation sites is 1. The van der Waals surface area contributed by atoms with Gasteiger partial charge in [0.2, 0.25) is 5.91 Å². The molecule has 1 saturated heterocycles. The van der Waals surface area contributed by atoms with Gasteiger partial charge in [-0.3, -0.25) is 4.79 Å². The molecule has 0 radical (unpaired) electrons. The van der Waals surface area contributed by atoms with E-state index in [4.69, 9.17) is 16.3 Å². The van der Waals surface area contributed by atoms with Crippen LogP contribution in [0.5, 0.6) is 5.19 Å². The predicted octanol–water partition coefficient (Wildman–Crippen LogP) is 3.73. The summed E-state index contributed by atoms with van der Waals surface area (Å²) < 4.78 is 7.01. The fourth-order valence-electron chi connectivity index (χ4n) is 2.53. The van der Waals surface area contributed by atoms with Crippen molar-refractivity contribution in [2.75, 3.05) is 13.1 Å². The number of piperidine rings is 1. The van der Waals surface area contributed by atoms with Crippen LogP contribution in [0.1, 0.15) is 26.2 Å². The number of halogens is 1. The lowest BCUT2D eigenvalue weighted by atomic mass is 10.1. The Hall–Kier alpha value is -1.33. The van der Waals surface area contributed by atoms with E-state index < -0.39 is 0 Å². The molecule has 112 valence electrons. The zero-order valence-electron chi connectivity index (χ0n) is 11.8. The summed E-state index contributed by atoms with van der Waals surface area (Å²) in [6.45, 7) is 3.43. The minimum Gasteiger partial charge on any atom is -0.467 e. The van der Waals surface area contributed by atoms with Crippen molar-refractivity contribution in [1.29, 1.82) is 0 Å². The Labute approximate surface area is 132 Å². The molecule has 2 aromatic rings. The SMILES string of the molecule is CCC(=O)N1CCC(Oc2nc3c(Cl)cccc3s2)CC1. The minimum absolute atomic E-state index is 0.130. The highest BCUT2D eigenvalue weighted by Gasteiger charge is 2.24. The molecule has 0 unspecified atom stereocenters. The zero-order valence-corrected chi connectivity index (χ0v) is 13.4. The summed E-state index contributed by atoms with van der Waals surface area (Å²) in [5.74, 6) is 0.222. The second kappa shape index (κ2) is 6.20. The van der Waals surface area contributed by atoms with Gasteiger partial charge in [0.05, 0.1) is 9.72 Å². The summed E-state index contributed by atoms with van der Waals surface area (Å²) in [5, 5.41) is 1.32. The van der Waals surface area contributed by atoms with Gasteiger partial charge in [-0.1, -0.05) is 35.9 Å². The topological polar surface area (TPSA) is 42.4 Å². The molecule has 4 nitrogen and oxygen atoms in total. The lowest BCUT2D eigenvalue weighted by Crippen LogP contribution is -2.41. The molecule has 0 spiro atoms. The van der Waals surface area contributed by atoms with Crippen LogP contribution in [0, 0.1) is 0 Å². The fourth-order valence-corrected chi connectivity index (χ4v) is 3.72. The van der Waals surface area contributed by atoms with Gasteiger partial charge in [0.25, 0.3) is 5.19 Å². The van der Waals surface area contributed by atoms with E-state index in [2.05, 4.69) is 4.98 Å². The summed E-state index contributed by atoms with van der Waals surface area (Å²) >= 11 is 7.65. The number of carbonyl (C=O) groups is 1. The molecule has 21 heavy (non-hydrogen) atoms. The van der Waals surface area contributed by atoms with E-state index in [1.165, 1.54) is 11.3 Å². The summed E-state index contributed by atoms with van der Waals surface area (Å²) in [6, 6.07) is 5.75. The van der Waals surface area contributed by atoms with E-state index in [1.807, 2.05) is 30.0 Å². The summed E-state index contributed by atoms with van der Waals surface area (Å²) in [4.78, 5) is 18.0. The maximum Gasteiger partial charge on any atom is 0.274 e. The van der Waals surface area contributed by atoms with Crippen LogP contribution in [0.25, 0.3) is 10.2 Å². The molecular formula is C15H17ClN2O2S. The Bertz CT molecular complexity index is 650. The lowest BCUT2D eigenvalue weighted by molar-refractivity contribution is -0.132. The first-order chi connectivity index (χ1) is 10.2. The Morgan fingerprint density at radius 2 is 2.24 bits per heavy atom. The molecule has 1 aliphatic rings. The zero-order chi connectivity index (χ0) is 14.8. The van der Waals surface area contributed by atoms with Crippen LogP contribution in [-0.4, -0.2) is 35.0 Å². The highest BCUT2D eigenvalue weighted by Crippen LogP contribution is 2.33. The Morgan fingerprint density at radius 1 is 1.48 bits per heavy atom. The van der Waals surface area contributed by atoms with Crippen molar-refractivity contribution in [2.45, 2.75) is 32.3 Å². The molecule has 1 fully saturated rings. The van der Waals surface area contributed by atoms with Gasteiger partial charge in [-0.2, -0.15) is 0 Å². The van der Waals surface area contributed by atoms with E-state index >= 15 is 0 Å². The van der Waals surface area contributed by atoms with Crippen molar-refractivity contribution in [1.82, 2.24) is 9.88 Å². The van der Waals surface area contributed by atoms with Crippen LogP contribution < -0.4 is 4.74 Å². The number of fused-ring (bicyclic) bond motifs is 1. The third-order valence-electron chi connectivity index (χ3n) is 3.71. The third kappa shape index (κ3) is 3.14.